The van der Waals surface area contributed by atoms with Crippen molar-refractivity contribution in [2.45, 2.75) is 0 Å². The molecule has 15 heavy (non-hydrogen) atoms. The van der Waals surface area contributed by atoms with E-state index in [0.29, 0.717) is 11.4 Å². The van der Waals surface area contributed by atoms with Crippen LogP contribution >= 0.6 is 0 Å². The molecule has 4 N–H and O–H groups in total. The Bertz CT molecular complexity index is 491. The maximum Gasteiger partial charge on any atom is 0.250 e. The molecule has 1 aromatic heterocycles. The molecule has 1 aromatic carbocycles. The van der Waals surface area contributed by atoms with Gasteiger partial charge in [0.15, 0.2) is 0 Å². The van der Waals surface area contributed by atoms with Gasteiger partial charge in [-0.2, -0.15) is 5.10 Å². The van der Waals surface area contributed by atoms with Crippen molar-refractivity contribution in [3.05, 3.63) is 36.4 Å². The van der Waals surface area contributed by atoms with Crippen LogP contribution in [0.1, 0.15) is 10.4 Å². The van der Waals surface area contributed by atoms with Crippen molar-refractivity contribution in [3.8, 4) is 5.69 Å². The van der Waals surface area contributed by atoms with E-state index in [1.807, 2.05) is 0 Å². The molecule has 0 unspecified atom stereocenters. The lowest BCUT2D eigenvalue weighted by molar-refractivity contribution is 0.100. The van der Waals surface area contributed by atoms with Gasteiger partial charge in [0.05, 0.1) is 11.3 Å². The third kappa shape index (κ3) is 1.64. The highest BCUT2D eigenvalue weighted by Gasteiger charge is 2.07. The van der Waals surface area contributed by atoms with E-state index in [-0.39, 0.29) is 5.56 Å². The third-order valence-corrected chi connectivity index (χ3v) is 1.99. The summed E-state index contributed by atoms with van der Waals surface area (Å²) in [6, 6.07) is 4.92. The second-order valence-electron chi connectivity index (χ2n) is 2.98. The van der Waals surface area contributed by atoms with Crippen LogP contribution in [0, 0.1) is 0 Å². The Morgan fingerprint density at radius 3 is 2.80 bits per heavy atom. The number of nitrogens with zero attached hydrogens (tertiary/aromatic N) is 3. The fraction of sp³-hybridized carbons (Fsp3) is 0. The molecule has 0 aliphatic carbocycles. The number of carbonyl (C=O) groups excluding carboxylic acids is 1. The molecular formula is C9H9N5O. The normalized spacial score (nSPS) is 10.1. The number of rotatable bonds is 2. The van der Waals surface area contributed by atoms with Crippen LogP contribution in [0.4, 0.5) is 5.69 Å². The lowest BCUT2D eigenvalue weighted by Crippen LogP contribution is -2.14. The first-order valence-corrected chi connectivity index (χ1v) is 4.23. The fourth-order valence-corrected chi connectivity index (χ4v) is 1.24. The summed E-state index contributed by atoms with van der Waals surface area (Å²) in [5.74, 6) is -0.561. The topological polar surface area (TPSA) is 99.8 Å². The van der Waals surface area contributed by atoms with Crippen molar-refractivity contribution < 1.29 is 4.79 Å². The number of anilines is 1. The monoisotopic (exact) mass is 203 g/mol. The summed E-state index contributed by atoms with van der Waals surface area (Å²) in [6.07, 6.45) is 2.93. The molecule has 2 rings (SSSR count). The van der Waals surface area contributed by atoms with Gasteiger partial charge >= 0.3 is 0 Å². The van der Waals surface area contributed by atoms with E-state index in [0.717, 1.165) is 0 Å². The number of benzene rings is 1. The van der Waals surface area contributed by atoms with E-state index in [4.69, 9.17) is 11.5 Å². The second-order valence-corrected chi connectivity index (χ2v) is 2.98. The van der Waals surface area contributed by atoms with Gasteiger partial charge in [-0.1, -0.05) is 0 Å². The number of nitrogen functional groups attached to an aromatic ring is 1. The van der Waals surface area contributed by atoms with Crippen LogP contribution in [0.5, 0.6) is 0 Å². The molecule has 1 amide bonds. The van der Waals surface area contributed by atoms with Gasteiger partial charge in [-0.25, -0.2) is 9.67 Å². The third-order valence-electron chi connectivity index (χ3n) is 1.99. The molecule has 0 atom stereocenters. The van der Waals surface area contributed by atoms with Crippen molar-refractivity contribution in [2.24, 2.45) is 5.73 Å². The number of hydrogen-bond acceptors (Lipinski definition) is 4. The number of primary amides is 1. The highest BCUT2D eigenvalue weighted by molar-refractivity contribution is 5.98. The van der Waals surface area contributed by atoms with Crippen LogP contribution in [0.3, 0.4) is 0 Å². The lowest BCUT2D eigenvalue weighted by atomic mass is 10.1. The van der Waals surface area contributed by atoms with Gasteiger partial charge in [0, 0.05) is 5.69 Å². The number of hydrogen-bond donors (Lipinski definition) is 2. The standard InChI is InChI=1S/C9H9N5O/c10-8-2-1-6(3-7(8)9(11)15)14-5-12-4-13-14/h1-5H,10H2,(H2,11,15). The molecule has 6 nitrogen and oxygen atoms in total. The van der Waals surface area contributed by atoms with Crippen LogP contribution in [0.2, 0.25) is 0 Å². The summed E-state index contributed by atoms with van der Waals surface area (Å²) in [5.41, 5.74) is 12.1. The lowest BCUT2D eigenvalue weighted by Gasteiger charge is -2.05. The molecule has 0 aliphatic heterocycles. The van der Waals surface area contributed by atoms with Gasteiger partial charge in [-0.15, -0.1) is 0 Å². The largest absolute Gasteiger partial charge is 0.398 e. The van der Waals surface area contributed by atoms with Gasteiger partial charge in [-0.05, 0) is 18.2 Å². The minimum Gasteiger partial charge on any atom is -0.398 e. The van der Waals surface area contributed by atoms with Gasteiger partial charge in [0.1, 0.15) is 12.7 Å². The summed E-state index contributed by atoms with van der Waals surface area (Å²) in [4.78, 5) is 14.8. The Morgan fingerprint density at radius 2 is 2.20 bits per heavy atom. The predicted octanol–water partition coefficient (Wildman–Crippen LogP) is -0.0516. The van der Waals surface area contributed by atoms with Gasteiger partial charge < -0.3 is 11.5 Å². The molecule has 1 heterocycles. The first kappa shape index (κ1) is 9.20. The molecule has 2 aromatic rings. The first-order chi connectivity index (χ1) is 7.18. The van der Waals surface area contributed by atoms with Gasteiger partial charge in [0.25, 0.3) is 5.91 Å². The van der Waals surface area contributed by atoms with Crippen LogP contribution in [0.15, 0.2) is 30.9 Å². The van der Waals surface area contributed by atoms with Gasteiger partial charge in [-0.3, -0.25) is 4.79 Å². The molecule has 76 valence electrons. The second kappa shape index (κ2) is 3.41. The Balaban J connectivity index is 2.52. The van der Waals surface area contributed by atoms with Crippen molar-refractivity contribution in [2.75, 3.05) is 5.73 Å². The average Bonchev–Trinajstić information content (AvgIpc) is 2.71. The summed E-state index contributed by atoms with van der Waals surface area (Å²) in [6.45, 7) is 0. The van der Waals surface area contributed by atoms with E-state index in [1.54, 1.807) is 18.2 Å². The summed E-state index contributed by atoms with van der Waals surface area (Å²) >= 11 is 0. The number of amides is 1. The van der Waals surface area contributed by atoms with E-state index in [1.165, 1.54) is 17.3 Å². The van der Waals surface area contributed by atoms with E-state index in [9.17, 15) is 4.79 Å². The molecule has 0 spiro atoms. The van der Waals surface area contributed by atoms with Crippen LogP contribution in [-0.4, -0.2) is 20.7 Å². The molecule has 0 aliphatic rings. The quantitative estimate of drug-likeness (QED) is 0.668. The number of nitrogens with two attached hydrogens (primary N) is 2. The van der Waals surface area contributed by atoms with Crippen LogP contribution in [0.25, 0.3) is 5.69 Å². The number of aromatic nitrogens is 3. The Morgan fingerprint density at radius 1 is 1.40 bits per heavy atom. The Hall–Kier alpha value is -2.37. The highest BCUT2D eigenvalue weighted by atomic mass is 16.1. The SMILES string of the molecule is NC(=O)c1cc(-n2cncn2)ccc1N. The van der Waals surface area contributed by atoms with Crippen LogP contribution < -0.4 is 11.5 Å². The molecule has 6 heteroatoms. The Labute approximate surface area is 85.5 Å². The predicted molar refractivity (Wildman–Crippen MR) is 54.3 cm³/mol. The molecule has 0 saturated heterocycles. The Kier molecular flexibility index (Phi) is 2.09. The highest BCUT2D eigenvalue weighted by Crippen LogP contribution is 2.15. The fourth-order valence-electron chi connectivity index (χ4n) is 1.24. The molecule has 0 saturated carbocycles. The zero-order valence-electron chi connectivity index (χ0n) is 7.79. The summed E-state index contributed by atoms with van der Waals surface area (Å²) in [7, 11) is 0. The van der Waals surface area contributed by atoms with E-state index >= 15 is 0 Å². The minimum atomic E-state index is -0.561. The van der Waals surface area contributed by atoms with Crippen molar-refractivity contribution >= 4 is 11.6 Å². The molecule has 0 fully saturated rings. The van der Waals surface area contributed by atoms with Crippen molar-refractivity contribution in [3.63, 3.8) is 0 Å². The van der Waals surface area contributed by atoms with Crippen LogP contribution in [-0.2, 0) is 0 Å². The first-order valence-electron chi connectivity index (χ1n) is 4.23. The van der Waals surface area contributed by atoms with Gasteiger partial charge in [0.2, 0.25) is 0 Å². The summed E-state index contributed by atoms with van der Waals surface area (Å²) < 4.78 is 1.52. The van der Waals surface area contributed by atoms with E-state index < -0.39 is 5.91 Å². The number of carbonyl (C=O) groups is 1. The maximum atomic E-state index is 11.0. The zero-order valence-corrected chi connectivity index (χ0v) is 7.79. The molecule has 0 bridgehead atoms. The van der Waals surface area contributed by atoms with Crippen molar-refractivity contribution in [1.82, 2.24) is 14.8 Å². The zero-order chi connectivity index (χ0) is 10.8. The molecular weight excluding hydrogens is 194 g/mol. The van der Waals surface area contributed by atoms with Crippen molar-refractivity contribution in [1.29, 1.82) is 0 Å². The summed E-state index contributed by atoms with van der Waals surface area (Å²) in [5, 5.41) is 3.93. The average molecular weight is 203 g/mol. The minimum absolute atomic E-state index is 0.281. The maximum absolute atomic E-state index is 11.0. The molecule has 0 radical (unpaired) electrons. The smallest absolute Gasteiger partial charge is 0.250 e. The van der Waals surface area contributed by atoms with E-state index in [2.05, 4.69) is 10.1 Å².